The molecule has 3 N–H and O–H groups in total. The van der Waals surface area contributed by atoms with Crippen LogP contribution in [0.1, 0.15) is 37.4 Å². The molecule has 2 atom stereocenters. The van der Waals surface area contributed by atoms with Crippen molar-refractivity contribution in [2.24, 2.45) is 5.73 Å². The topological polar surface area (TPSA) is 129 Å². The number of rotatable bonds is 12. The number of methoxy groups -OCH3 is 2. The Morgan fingerprint density at radius 2 is 1.95 bits per heavy atom. The van der Waals surface area contributed by atoms with Crippen LogP contribution in [0.25, 0.3) is 11.0 Å². The van der Waals surface area contributed by atoms with Crippen molar-refractivity contribution in [3.8, 4) is 5.75 Å². The van der Waals surface area contributed by atoms with Gasteiger partial charge in [0.15, 0.2) is 0 Å². The molecule has 1 amide bonds. The number of likely N-dealkylation sites (tertiary alicyclic amines) is 1. The molecule has 0 spiro atoms. The number of ether oxygens (including phenoxy) is 2. The highest BCUT2D eigenvalue weighted by molar-refractivity contribution is 7.89. The molecule has 0 saturated carbocycles. The molecular formula is C27H37N5O5S. The monoisotopic (exact) mass is 543 g/mol. The summed E-state index contributed by atoms with van der Waals surface area (Å²) in [6.45, 7) is 2.65. The Morgan fingerprint density at radius 1 is 1.18 bits per heavy atom. The van der Waals surface area contributed by atoms with Crippen molar-refractivity contribution < 1.29 is 22.7 Å². The smallest absolute Gasteiger partial charge is 0.240 e. The molecule has 1 fully saturated rings. The van der Waals surface area contributed by atoms with Gasteiger partial charge in [-0.1, -0.05) is 12.1 Å². The van der Waals surface area contributed by atoms with Gasteiger partial charge in [0, 0.05) is 58.3 Å². The maximum atomic E-state index is 13.1. The molecule has 1 aliphatic heterocycles. The number of amides is 1. The van der Waals surface area contributed by atoms with Crippen molar-refractivity contribution in [1.82, 2.24) is 19.2 Å². The van der Waals surface area contributed by atoms with Crippen molar-refractivity contribution in [3.05, 3.63) is 54.4 Å². The number of para-hydroxylation sites is 2. The summed E-state index contributed by atoms with van der Waals surface area (Å²) in [5.74, 6) is 1.60. The third-order valence-corrected chi connectivity index (χ3v) is 8.34. The highest BCUT2D eigenvalue weighted by Gasteiger charge is 2.29. The summed E-state index contributed by atoms with van der Waals surface area (Å²) in [7, 11) is -0.527. The van der Waals surface area contributed by atoms with Crippen molar-refractivity contribution in [3.63, 3.8) is 0 Å². The Kier molecular flexibility index (Phi) is 9.37. The summed E-state index contributed by atoms with van der Waals surface area (Å²) >= 11 is 0. The first kappa shape index (κ1) is 28.0. The van der Waals surface area contributed by atoms with Crippen molar-refractivity contribution in [1.29, 1.82) is 0 Å². The molecule has 38 heavy (non-hydrogen) atoms. The van der Waals surface area contributed by atoms with E-state index in [9.17, 15) is 13.2 Å². The highest BCUT2D eigenvalue weighted by Crippen LogP contribution is 2.30. The SMILES string of the molecule is COCCCn1c(C2CCCN(C(=O)CC(N)CNS(=O)(=O)c3ccc(OC)cc3)C2)nc2ccccc21. The number of piperidine rings is 1. The van der Waals surface area contributed by atoms with Gasteiger partial charge in [0.25, 0.3) is 0 Å². The molecule has 0 radical (unpaired) electrons. The van der Waals surface area contributed by atoms with Gasteiger partial charge in [-0.15, -0.1) is 0 Å². The molecule has 1 aliphatic rings. The number of sulfonamides is 1. The van der Waals surface area contributed by atoms with E-state index in [0.717, 1.165) is 42.7 Å². The first-order valence-corrected chi connectivity index (χ1v) is 14.4. The second-order valence-electron chi connectivity index (χ2n) is 9.63. The molecule has 4 rings (SSSR count). The zero-order valence-corrected chi connectivity index (χ0v) is 22.8. The average Bonchev–Trinajstić information content (AvgIpc) is 3.31. The number of hydrogen-bond acceptors (Lipinski definition) is 7. The van der Waals surface area contributed by atoms with Crippen LogP contribution in [0.2, 0.25) is 0 Å². The lowest BCUT2D eigenvalue weighted by molar-refractivity contribution is -0.132. The summed E-state index contributed by atoms with van der Waals surface area (Å²) < 4.78 is 40.3. The Hall–Kier alpha value is -2.99. The summed E-state index contributed by atoms with van der Waals surface area (Å²) in [4.78, 5) is 20.0. The highest BCUT2D eigenvalue weighted by atomic mass is 32.2. The fourth-order valence-electron chi connectivity index (χ4n) is 4.90. The van der Waals surface area contributed by atoms with Gasteiger partial charge in [0.2, 0.25) is 15.9 Å². The summed E-state index contributed by atoms with van der Waals surface area (Å²) in [6.07, 6.45) is 2.75. The number of aryl methyl sites for hydroxylation is 1. The zero-order chi connectivity index (χ0) is 27.1. The third-order valence-electron chi connectivity index (χ3n) is 6.90. The Morgan fingerprint density at radius 3 is 2.68 bits per heavy atom. The van der Waals surface area contributed by atoms with E-state index >= 15 is 0 Å². The summed E-state index contributed by atoms with van der Waals surface area (Å²) in [5, 5.41) is 0. The number of carbonyl (C=O) groups is 1. The second kappa shape index (κ2) is 12.7. The molecule has 10 nitrogen and oxygen atoms in total. The number of fused-ring (bicyclic) bond motifs is 1. The largest absolute Gasteiger partial charge is 0.497 e. The van der Waals surface area contributed by atoms with Gasteiger partial charge < -0.3 is 24.7 Å². The van der Waals surface area contributed by atoms with E-state index in [1.165, 1.54) is 19.2 Å². The van der Waals surface area contributed by atoms with Crippen LogP contribution >= 0.6 is 0 Å². The average molecular weight is 544 g/mol. The van der Waals surface area contributed by atoms with Gasteiger partial charge in [0.1, 0.15) is 11.6 Å². The van der Waals surface area contributed by atoms with Crippen LogP contribution in [0.4, 0.5) is 0 Å². The molecule has 2 unspecified atom stereocenters. The quantitative estimate of drug-likeness (QED) is 0.336. The fraction of sp³-hybridized carbons (Fsp3) is 0.481. The number of carbonyl (C=O) groups excluding carboxylic acids is 1. The Bertz CT molecular complexity index is 1330. The molecule has 0 aliphatic carbocycles. The number of hydrogen-bond donors (Lipinski definition) is 2. The number of nitrogens with one attached hydrogen (secondary N) is 1. The molecule has 0 bridgehead atoms. The first-order chi connectivity index (χ1) is 18.3. The predicted molar refractivity (Wildman–Crippen MR) is 146 cm³/mol. The minimum Gasteiger partial charge on any atom is -0.497 e. The Balaban J connectivity index is 1.37. The van der Waals surface area contributed by atoms with E-state index < -0.39 is 16.1 Å². The number of benzene rings is 2. The number of nitrogens with two attached hydrogens (primary N) is 1. The van der Waals surface area contributed by atoms with E-state index in [0.29, 0.717) is 25.4 Å². The number of aromatic nitrogens is 2. The number of imidazole rings is 1. The van der Waals surface area contributed by atoms with E-state index in [1.807, 2.05) is 23.1 Å². The van der Waals surface area contributed by atoms with E-state index in [4.69, 9.17) is 20.2 Å². The molecule has 1 saturated heterocycles. The van der Waals surface area contributed by atoms with Gasteiger partial charge >= 0.3 is 0 Å². The lowest BCUT2D eigenvalue weighted by atomic mass is 9.96. The molecule has 2 aromatic carbocycles. The van der Waals surface area contributed by atoms with Crippen molar-refractivity contribution in [2.45, 2.75) is 49.1 Å². The minimum atomic E-state index is -3.74. The second-order valence-corrected chi connectivity index (χ2v) is 11.4. The molecule has 206 valence electrons. The first-order valence-electron chi connectivity index (χ1n) is 12.9. The third kappa shape index (κ3) is 6.71. The molecule has 2 heterocycles. The molecule has 11 heteroatoms. The van der Waals surface area contributed by atoms with Crippen LogP contribution in [0.15, 0.2) is 53.4 Å². The van der Waals surface area contributed by atoms with E-state index in [-0.39, 0.29) is 29.7 Å². The van der Waals surface area contributed by atoms with Gasteiger partial charge in [-0.05, 0) is 55.7 Å². The maximum Gasteiger partial charge on any atom is 0.240 e. The fourth-order valence-corrected chi connectivity index (χ4v) is 6.00. The van der Waals surface area contributed by atoms with Crippen LogP contribution in [0, 0.1) is 0 Å². The lowest BCUT2D eigenvalue weighted by Crippen LogP contribution is -2.45. The van der Waals surface area contributed by atoms with Crippen LogP contribution < -0.4 is 15.2 Å². The summed E-state index contributed by atoms with van der Waals surface area (Å²) in [5.41, 5.74) is 8.22. The van der Waals surface area contributed by atoms with E-state index in [1.54, 1.807) is 19.2 Å². The standard InChI is InChI=1S/C27H37N5O5S/c1-36-16-6-15-32-25-9-4-3-8-24(25)30-27(32)20-7-5-14-31(19-20)26(33)17-21(28)18-29-38(34,35)23-12-10-22(37-2)11-13-23/h3-4,8-13,20-21,29H,5-7,14-19,28H2,1-2H3. The van der Waals surface area contributed by atoms with Crippen LogP contribution in [-0.2, 0) is 26.1 Å². The number of nitrogens with zero attached hydrogens (tertiary/aromatic N) is 3. The van der Waals surface area contributed by atoms with Crippen molar-refractivity contribution >= 4 is 27.0 Å². The van der Waals surface area contributed by atoms with Gasteiger partial charge in [-0.3, -0.25) is 4.79 Å². The molecule has 1 aromatic heterocycles. The molecular weight excluding hydrogens is 506 g/mol. The van der Waals surface area contributed by atoms with E-state index in [2.05, 4.69) is 15.4 Å². The minimum absolute atomic E-state index is 0.0351. The normalized spacial score (nSPS) is 17.0. The maximum absolute atomic E-state index is 13.1. The van der Waals surface area contributed by atoms with Crippen LogP contribution in [0.3, 0.4) is 0 Å². The van der Waals surface area contributed by atoms with Gasteiger partial charge in [0.05, 0.1) is 23.0 Å². The molecule has 3 aromatic rings. The Labute approximate surface area is 224 Å². The van der Waals surface area contributed by atoms with Crippen LogP contribution in [-0.4, -0.2) is 75.3 Å². The summed E-state index contributed by atoms with van der Waals surface area (Å²) in [6, 6.07) is 13.5. The predicted octanol–water partition coefficient (Wildman–Crippen LogP) is 2.48. The van der Waals surface area contributed by atoms with Crippen molar-refractivity contribution in [2.75, 3.05) is 40.5 Å². The van der Waals surface area contributed by atoms with Gasteiger partial charge in [-0.2, -0.15) is 0 Å². The van der Waals surface area contributed by atoms with Crippen LogP contribution in [0.5, 0.6) is 5.75 Å². The zero-order valence-electron chi connectivity index (χ0n) is 22.0. The van der Waals surface area contributed by atoms with Gasteiger partial charge in [-0.25, -0.2) is 18.1 Å². The lowest BCUT2D eigenvalue weighted by Gasteiger charge is -2.33.